The molecule has 0 saturated carbocycles. The van der Waals surface area contributed by atoms with E-state index in [1.807, 2.05) is 37.3 Å². The van der Waals surface area contributed by atoms with E-state index in [2.05, 4.69) is 5.32 Å². The molecule has 1 aliphatic rings. The molecule has 1 fully saturated rings. The lowest BCUT2D eigenvalue weighted by molar-refractivity contribution is -0.157. The van der Waals surface area contributed by atoms with E-state index in [1.54, 1.807) is 29.2 Å². The fourth-order valence-corrected chi connectivity index (χ4v) is 3.42. The minimum absolute atomic E-state index is 0.0441. The maximum Gasteiger partial charge on any atom is 0.312 e. The molecule has 30 heavy (non-hydrogen) atoms. The van der Waals surface area contributed by atoms with Crippen LogP contribution in [0.1, 0.15) is 31.4 Å². The second-order valence-electron chi connectivity index (χ2n) is 7.11. The average molecular weight is 405 g/mol. The van der Waals surface area contributed by atoms with Gasteiger partial charge in [0.25, 0.3) is 5.91 Å². The monoisotopic (exact) mass is 405 g/mol. The molecule has 154 valence electrons. The van der Waals surface area contributed by atoms with E-state index in [-0.39, 0.29) is 18.9 Å². The molecule has 0 aliphatic carbocycles. The quantitative estimate of drug-likeness (QED) is 0.745. The van der Waals surface area contributed by atoms with Gasteiger partial charge in [0.2, 0.25) is 5.91 Å². The predicted octanol–water partition coefficient (Wildman–Crippen LogP) is 3.04. The smallest absolute Gasteiger partial charge is 0.312 e. The highest BCUT2D eigenvalue weighted by Crippen LogP contribution is 2.29. The Balaban J connectivity index is 1.62. The number of anilines is 2. The molecule has 0 radical (unpaired) electrons. The number of ether oxygens (including phenoxy) is 1. The number of nitrogens with zero attached hydrogens (tertiary/aromatic N) is 2. The summed E-state index contributed by atoms with van der Waals surface area (Å²) in [6.07, 6.45) is -0.241. The SMILES string of the molecule is CCc1ccccc1N1C[C@@H](C(=O)O[C@H](C)C(=O)Nc2ccccc2C#N)CC1=O. The Bertz CT molecular complexity index is 1010. The summed E-state index contributed by atoms with van der Waals surface area (Å²) in [6.45, 7) is 3.69. The average Bonchev–Trinajstić information content (AvgIpc) is 3.15. The minimum Gasteiger partial charge on any atom is -0.452 e. The van der Waals surface area contributed by atoms with Gasteiger partial charge < -0.3 is 15.0 Å². The molecule has 1 saturated heterocycles. The summed E-state index contributed by atoms with van der Waals surface area (Å²) < 4.78 is 5.32. The maximum absolute atomic E-state index is 12.6. The van der Waals surface area contributed by atoms with E-state index in [4.69, 9.17) is 10.00 Å². The number of hydrogen-bond donors (Lipinski definition) is 1. The van der Waals surface area contributed by atoms with Crippen molar-refractivity contribution in [2.24, 2.45) is 5.92 Å². The third kappa shape index (κ3) is 4.49. The lowest BCUT2D eigenvalue weighted by Crippen LogP contribution is -2.33. The van der Waals surface area contributed by atoms with Crippen LogP contribution >= 0.6 is 0 Å². The lowest BCUT2D eigenvalue weighted by Gasteiger charge is -2.20. The summed E-state index contributed by atoms with van der Waals surface area (Å²) in [5, 5.41) is 11.7. The van der Waals surface area contributed by atoms with Crippen molar-refractivity contribution in [2.45, 2.75) is 32.8 Å². The van der Waals surface area contributed by atoms with E-state index in [0.29, 0.717) is 11.3 Å². The molecule has 0 unspecified atom stereocenters. The van der Waals surface area contributed by atoms with Gasteiger partial charge >= 0.3 is 5.97 Å². The van der Waals surface area contributed by atoms with Crippen molar-refractivity contribution in [3.63, 3.8) is 0 Å². The van der Waals surface area contributed by atoms with Gasteiger partial charge in [0.1, 0.15) is 6.07 Å². The van der Waals surface area contributed by atoms with Gasteiger partial charge in [0.15, 0.2) is 6.10 Å². The van der Waals surface area contributed by atoms with Gasteiger partial charge in [-0.05, 0) is 37.1 Å². The lowest BCUT2D eigenvalue weighted by atomic mass is 10.1. The molecule has 2 aromatic rings. The summed E-state index contributed by atoms with van der Waals surface area (Å²) in [4.78, 5) is 39.1. The number of carbonyl (C=O) groups is 3. The zero-order valence-electron chi connectivity index (χ0n) is 16.9. The molecule has 0 aromatic heterocycles. The molecule has 2 aromatic carbocycles. The van der Waals surface area contributed by atoms with Gasteiger partial charge in [-0.25, -0.2) is 0 Å². The largest absolute Gasteiger partial charge is 0.452 e. The highest BCUT2D eigenvalue weighted by atomic mass is 16.5. The van der Waals surface area contributed by atoms with Crippen molar-refractivity contribution < 1.29 is 19.1 Å². The Labute approximate surface area is 175 Å². The van der Waals surface area contributed by atoms with Crippen LogP contribution in [0, 0.1) is 17.2 Å². The molecule has 7 heteroatoms. The molecule has 1 N–H and O–H groups in total. The summed E-state index contributed by atoms with van der Waals surface area (Å²) in [6, 6.07) is 16.2. The van der Waals surface area contributed by atoms with Gasteiger partial charge in [0, 0.05) is 18.7 Å². The van der Waals surface area contributed by atoms with E-state index < -0.39 is 23.9 Å². The van der Waals surface area contributed by atoms with Crippen LogP contribution in [0.3, 0.4) is 0 Å². The minimum atomic E-state index is -1.06. The third-order valence-electron chi connectivity index (χ3n) is 5.09. The van der Waals surface area contributed by atoms with Gasteiger partial charge in [-0.3, -0.25) is 14.4 Å². The summed E-state index contributed by atoms with van der Waals surface area (Å²) >= 11 is 0. The number of nitrogens with one attached hydrogen (secondary N) is 1. The standard InChI is InChI=1S/C23H23N3O4/c1-3-16-8-5-7-11-20(16)26-14-18(12-21(26)27)23(29)30-15(2)22(28)25-19-10-6-4-9-17(19)13-24/h4-11,15,18H,3,12,14H2,1-2H3,(H,25,28)/t15-,18+/m1/s1. The van der Waals surface area contributed by atoms with Gasteiger partial charge in [-0.2, -0.15) is 5.26 Å². The Morgan fingerprint density at radius 3 is 2.67 bits per heavy atom. The summed E-state index contributed by atoms with van der Waals surface area (Å²) in [5.74, 6) is -1.90. The van der Waals surface area contributed by atoms with Crippen molar-refractivity contribution in [2.75, 3.05) is 16.8 Å². The fraction of sp³-hybridized carbons (Fsp3) is 0.304. The van der Waals surface area contributed by atoms with E-state index in [1.165, 1.54) is 6.92 Å². The van der Waals surface area contributed by atoms with Crippen LogP contribution in [0.5, 0.6) is 0 Å². The molecular formula is C23H23N3O4. The molecular weight excluding hydrogens is 382 g/mol. The normalized spacial score (nSPS) is 16.6. The van der Waals surface area contributed by atoms with Crippen LogP contribution in [-0.2, 0) is 25.5 Å². The van der Waals surface area contributed by atoms with Crippen LogP contribution in [0.15, 0.2) is 48.5 Å². The van der Waals surface area contributed by atoms with Crippen molar-refractivity contribution in [1.82, 2.24) is 0 Å². The number of para-hydroxylation sites is 2. The first kappa shape index (κ1) is 21.1. The Hall–Kier alpha value is -3.66. The second-order valence-corrected chi connectivity index (χ2v) is 7.11. The van der Waals surface area contributed by atoms with Crippen LogP contribution in [0.2, 0.25) is 0 Å². The van der Waals surface area contributed by atoms with Crippen molar-refractivity contribution >= 4 is 29.2 Å². The summed E-state index contributed by atoms with van der Waals surface area (Å²) in [5.41, 5.74) is 2.50. The molecule has 2 amide bonds. The topological polar surface area (TPSA) is 99.5 Å². The summed E-state index contributed by atoms with van der Waals surface area (Å²) in [7, 11) is 0. The number of hydrogen-bond acceptors (Lipinski definition) is 5. The van der Waals surface area contributed by atoms with Crippen LogP contribution < -0.4 is 10.2 Å². The number of carbonyl (C=O) groups excluding carboxylic acids is 3. The van der Waals surface area contributed by atoms with Crippen LogP contribution in [0.25, 0.3) is 0 Å². The number of esters is 1. The van der Waals surface area contributed by atoms with E-state index in [9.17, 15) is 14.4 Å². The van der Waals surface area contributed by atoms with Crippen molar-refractivity contribution in [3.8, 4) is 6.07 Å². The Morgan fingerprint density at radius 2 is 1.93 bits per heavy atom. The van der Waals surface area contributed by atoms with E-state index in [0.717, 1.165) is 17.7 Å². The number of aryl methyl sites for hydroxylation is 1. The third-order valence-corrected chi connectivity index (χ3v) is 5.09. The van der Waals surface area contributed by atoms with Crippen molar-refractivity contribution in [3.05, 3.63) is 59.7 Å². The van der Waals surface area contributed by atoms with Gasteiger partial charge in [-0.15, -0.1) is 0 Å². The first-order valence-corrected chi connectivity index (χ1v) is 9.83. The molecule has 7 nitrogen and oxygen atoms in total. The second kappa shape index (κ2) is 9.23. The Morgan fingerprint density at radius 1 is 1.23 bits per heavy atom. The first-order chi connectivity index (χ1) is 14.4. The molecule has 2 atom stereocenters. The van der Waals surface area contributed by atoms with Gasteiger partial charge in [-0.1, -0.05) is 37.3 Å². The van der Waals surface area contributed by atoms with Crippen molar-refractivity contribution in [1.29, 1.82) is 5.26 Å². The zero-order valence-corrected chi connectivity index (χ0v) is 16.9. The molecule has 0 bridgehead atoms. The van der Waals surface area contributed by atoms with Gasteiger partial charge in [0.05, 0.1) is 17.2 Å². The molecule has 3 rings (SSSR count). The fourth-order valence-electron chi connectivity index (χ4n) is 3.42. The zero-order chi connectivity index (χ0) is 21.7. The highest BCUT2D eigenvalue weighted by molar-refractivity contribution is 6.01. The highest BCUT2D eigenvalue weighted by Gasteiger charge is 2.37. The molecule has 1 aliphatic heterocycles. The molecule has 1 heterocycles. The van der Waals surface area contributed by atoms with E-state index >= 15 is 0 Å². The predicted molar refractivity (Wildman–Crippen MR) is 112 cm³/mol. The van der Waals surface area contributed by atoms with Crippen LogP contribution in [-0.4, -0.2) is 30.4 Å². The van der Waals surface area contributed by atoms with Crippen LogP contribution in [0.4, 0.5) is 11.4 Å². The Kier molecular flexibility index (Phi) is 6.48. The number of amides is 2. The first-order valence-electron chi connectivity index (χ1n) is 9.83. The number of benzene rings is 2. The maximum atomic E-state index is 12.6. The number of rotatable bonds is 6. The molecule has 0 spiro atoms. The number of nitriles is 1.